The molecule has 0 bridgehead atoms. The van der Waals surface area contributed by atoms with Crippen LogP contribution in [0.5, 0.6) is 0 Å². The summed E-state index contributed by atoms with van der Waals surface area (Å²) >= 11 is 3.15. The molecule has 0 aliphatic rings. The summed E-state index contributed by atoms with van der Waals surface area (Å²) in [5.74, 6) is -0.686. The Hall–Kier alpha value is -2.08. The topological polar surface area (TPSA) is 68.5 Å². The number of ether oxygens (including phenoxy) is 1. The molecule has 0 unspecified atom stereocenters. The number of furan rings is 1. The predicted octanol–water partition coefficient (Wildman–Crippen LogP) is 3.86. The van der Waals surface area contributed by atoms with E-state index in [1.165, 1.54) is 6.26 Å². The fraction of sp³-hybridized carbons (Fsp3) is 0.200. The summed E-state index contributed by atoms with van der Waals surface area (Å²) < 4.78 is 10.5. The van der Waals surface area contributed by atoms with Crippen LogP contribution in [-0.4, -0.2) is 18.0 Å². The molecule has 2 aromatic rings. The van der Waals surface area contributed by atoms with Crippen LogP contribution in [0.25, 0.3) is 0 Å². The summed E-state index contributed by atoms with van der Waals surface area (Å²) in [6, 6.07) is 8.05. The van der Waals surface area contributed by atoms with Gasteiger partial charge in [-0.05, 0) is 60.1 Å². The molecule has 110 valence electrons. The normalized spacial score (nSPS) is 10.5. The third kappa shape index (κ3) is 3.95. The number of halogens is 1. The summed E-state index contributed by atoms with van der Waals surface area (Å²) in [5.41, 5.74) is 1.42. The zero-order chi connectivity index (χ0) is 15.4. The van der Waals surface area contributed by atoms with Gasteiger partial charge in [0.05, 0.1) is 23.5 Å². The van der Waals surface area contributed by atoms with Crippen LogP contribution in [0.3, 0.4) is 0 Å². The van der Waals surface area contributed by atoms with E-state index in [1.807, 2.05) is 0 Å². The van der Waals surface area contributed by atoms with Gasteiger partial charge in [-0.2, -0.15) is 0 Å². The Kier molecular flexibility index (Phi) is 4.80. The van der Waals surface area contributed by atoms with Crippen LogP contribution in [0.4, 0.5) is 5.69 Å². The van der Waals surface area contributed by atoms with Crippen molar-refractivity contribution in [3.8, 4) is 0 Å². The Balaban J connectivity index is 2.04. The van der Waals surface area contributed by atoms with Crippen LogP contribution in [0.2, 0.25) is 0 Å². The maximum absolute atomic E-state index is 12.0. The highest BCUT2D eigenvalue weighted by Gasteiger charge is 2.13. The number of carbonyl (C=O) groups is 2. The van der Waals surface area contributed by atoms with Gasteiger partial charge in [-0.25, -0.2) is 4.79 Å². The third-order valence-electron chi connectivity index (χ3n) is 2.58. The number of anilines is 1. The summed E-state index contributed by atoms with van der Waals surface area (Å²) in [7, 11) is 0. The molecule has 0 saturated carbocycles. The Bertz CT molecular complexity index is 646. The first-order valence-electron chi connectivity index (χ1n) is 6.32. The number of carbonyl (C=O) groups excluding carboxylic acids is 2. The van der Waals surface area contributed by atoms with Gasteiger partial charge in [0.25, 0.3) is 5.91 Å². The first-order valence-corrected chi connectivity index (χ1v) is 7.12. The molecule has 0 spiro atoms. The van der Waals surface area contributed by atoms with Crippen molar-refractivity contribution in [2.75, 3.05) is 5.32 Å². The van der Waals surface area contributed by atoms with Gasteiger partial charge in [0.15, 0.2) is 4.67 Å². The van der Waals surface area contributed by atoms with Crippen molar-refractivity contribution in [3.05, 3.63) is 52.4 Å². The highest BCUT2D eigenvalue weighted by Crippen LogP contribution is 2.19. The second-order valence-electron chi connectivity index (χ2n) is 4.59. The first-order chi connectivity index (χ1) is 9.97. The van der Waals surface area contributed by atoms with Crippen molar-refractivity contribution in [1.82, 2.24) is 0 Å². The number of benzene rings is 1. The molecule has 1 aromatic heterocycles. The lowest BCUT2D eigenvalue weighted by Gasteiger charge is -2.08. The maximum Gasteiger partial charge on any atom is 0.338 e. The number of hydrogen-bond donors (Lipinski definition) is 1. The molecule has 0 saturated heterocycles. The number of amides is 1. The van der Waals surface area contributed by atoms with Gasteiger partial charge in [0, 0.05) is 5.69 Å². The van der Waals surface area contributed by atoms with Gasteiger partial charge in [0.2, 0.25) is 0 Å². The van der Waals surface area contributed by atoms with E-state index in [0.717, 1.165) is 0 Å². The second kappa shape index (κ2) is 6.58. The SMILES string of the molecule is CC(C)OC(=O)c1ccc(NC(=O)c2ccoc2Br)cc1. The van der Waals surface area contributed by atoms with Crippen molar-refractivity contribution < 1.29 is 18.7 Å². The predicted molar refractivity (Wildman–Crippen MR) is 81.4 cm³/mol. The van der Waals surface area contributed by atoms with Crippen LogP contribution in [0.1, 0.15) is 34.6 Å². The van der Waals surface area contributed by atoms with E-state index in [9.17, 15) is 9.59 Å². The molecular weight excluding hydrogens is 338 g/mol. The number of rotatable bonds is 4. The summed E-state index contributed by atoms with van der Waals surface area (Å²) in [6.07, 6.45) is 1.25. The van der Waals surface area contributed by atoms with E-state index >= 15 is 0 Å². The molecule has 0 aliphatic carbocycles. The first kappa shape index (κ1) is 15.3. The molecule has 6 heteroatoms. The number of nitrogens with one attached hydrogen (secondary N) is 1. The third-order valence-corrected chi connectivity index (χ3v) is 3.20. The average Bonchev–Trinajstić information content (AvgIpc) is 2.85. The van der Waals surface area contributed by atoms with Gasteiger partial charge < -0.3 is 14.5 Å². The Labute approximate surface area is 130 Å². The highest BCUT2D eigenvalue weighted by atomic mass is 79.9. The van der Waals surface area contributed by atoms with Crippen LogP contribution < -0.4 is 5.32 Å². The van der Waals surface area contributed by atoms with Crippen molar-refractivity contribution >= 4 is 33.5 Å². The lowest BCUT2D eigenvalue weighted by Crippen LogP contribution is -2.13. The molecule has 1 N–H and O–H groups in total. The number of esters is 1. The zero-order valence-corrected chi connectivity index (χ0v) is 13.1. The van der Waals surface area contributed by atoms with Crippen molar-refractivity contribution in [1.29, 1.82) is 0 Å². The average molecular weight is 352 g/mol. The molecule has 2 rings (SSSR count). The fourth-order valence-corrected chi connectivity index (χ4v) is 2.05. The van der Waals surface area contributed by atoms with E-state index in [2.05, 4.69) is 21.2 Å². The van der Waals surface area contributed by atoms with Crippen molar-refractivity contribution in [2.24, 2.45) is 0 Å². The zero-order valence-electron chi connectivity index (χ0n) is 11.6. The van der Waals surface area contributed by atoms with Crippen molar-refractivity contribution in [3.63, 3.8) is 0 Å². The lowest BCUT2D eigenvalue weighted by molar-refractivity contribution is 0.0378. The molecule has 5 nitrogen and oxygen atoms in total. The van der Waals surface area contributed by atoms with E-state index in [-0.39, 0.29) is 18.0 Å². The summed E-state index contributed by atoms with van der Waals surface area (Å²) in [4.78, 5) is 23.7. The Morgan fingerprint density at radius 1 is 1.19 bits per heavy atom. The minimum atomic E-state index is -0.388. The molecule has 0 atom stereocenters. The molecule has 0 fully saturated rings. The second-order valence-corrected chi connectivity index (χ2v) is 5.31. The quantitative estimate of drug-likeness (QED) is 0.849. The molecule has 1 heterocycles. The smallest absolute Gasteiger partial charge is 0.338 e. The monoisotopic (exact) mass is 351 g/mol. The van der Waals surface area contributed by atoms with Gasteiger partial charge >= 0.3 is 5.97 Å². The highest BCUT2D eigenvalue weighted by molar-refractivity contribution is 9.10. The Morgan fingerprint density at radius 2 is 1.86 bits per heavy atom. The molecular formula is C15H14BrNO4. The van der Waals surface area contributed by atoms with E-state index in [4.69, 9.17) is 9.15 Å². The fourth-order valence-electron chi connectivity index (χ4n) is 1.63. The van der Waals surface area contributed by atoms with Crippen LogP contribution in [-0.2, 0) is 4.74 Å². The largest absolute Gasteiger partial charge is 0.459 e. The van der Waals surface area contributed by atoms with E-state index < -0.39 is 0 Å². The van der Waals surface area contributed by atoms with E-state index in [0.29, 0.717) is 21.5 Å². The number of hydrogen-bond acceptors (Lipinski definition) is 4. The van der Waals surface area contributed by atoms with Crippen LogP contribution >= 0.6 is 15.9 Å². The lowest BCUT2D eigenvalue weighted by atomic mass is 10.2. The van der Waals surface area contributed by atoms with Gasteiger partial charge in [-0.1, -0.05) is 0 Å². The molecule has 0 aliphatic heterocycles. The summed E-state index contributed by atoms with van der Waals surface area (Å²) in [5, 5.41) is 2.71. The van der Waals surface area contributed by atoms with Gasteiger partial charge in [-0.3, -0.25) is 4.79 Å². The summed E-state index contributed by atoms with van der Waals surface area (Å²) in [6.45, 7) is 3.57. The Morgan fingerprint density at radius 3 is 2.38 bits per heavy atom. The van der Waals surface area contributed by atoms with Crippen molar-refractivity contribution in [2.45, 2.75) is 20.0 Å². The standard InChI is InChI=1S/C15H14BrNO4/c1-9(2)21-15(19)10-3-5-11(6-4-10)17-14(18)12-7-8-20-13(12)16/h3-9H,1-2H3,(H,17,18). The molecule has 0 radical (unpaired) electrons. The van der Waals surface area contributed by atoms with Crippen LogP contribution in [0.15, 0.2) is 45.7 Å². The minimum absolute atomic E-state index is 0.171. The van der Waals surface area contributed by atoms with Crippen LogP contribution in [0, 0.1) is 0 Å². The van der Waals surface area contributed by atoms with Gasteiger partial charge in [0.1, 0.15) is 0 Å². The molecule has 1 amide bonds. The molecule has 21 heavy (non-hydrogen) atoms. The maximum atomic E-state index is 12.0. The van der Waals surface area contributed by atoms with Gasteiger partial charge in [-0.15, -0.1) is 0 Å². The minimum Gasteiger partial charge on any atom is -0.459 e. The van der Waals surface area contributed by atoms with E-state index in [1.54, 1.807) is 44.2 Å². The molecule has 1 aromatic carbocycles.